The molecule has 0 radical (unpaired) electrons. The molecule has 0 aliphatic carbocycles. The Kier molecular flexibility index (Phi) is 5.09. The van der Waals surface area contributed by atoms with E-state index in [9.17, 15) is 4.79 Å². The fourth-order valence-electron chi connectivity index (χ4n) is 2.12. The SMILES string of the molecule is CC[C@H](C(=O)NCc1noc(C(C)C)n1)c1ccccc1. The highest BCUT2D eigenvalue weighted by atomic mass is 16.5. The number of benzene rings is 1. The Hall–Kier alpha value is -2.17. The van der Waals surface area contributed by atoms with Crippen LogP contribution < -0.4 is 5.32 Å². The molecule has 0 aliphatic rings. The lowest BCUT2D eigenvalue weighted by molar-refractivity contribution is -0.122. The fraction of sp³-hybridized carbons (Fsp3) is 0.438. The van der Waals surface area contributed by atoms with Gasteiger partial charge in [0.2, 0.25) is 11.8 Å². The number of nitrogens with zero attached hydrogens (tertiary/aromatic N) is 2. The zero-order chi connectivity index (χ0) is 15.2. The van der Waals surface area contributed by atoms with Crippen LogP contribution in [0.3, 0.4) is 0 Å². The number of hydrogen-bond acceptors (Lipinski definition) is 4. The maximum Gasteiger partial charge on any atom is 0.229 e. The minimum absolute atomic E-state index is 0.0143. The lowest BCUT2D eigenvalue weighted by atomic mass is 9.96. The van der Waals surface area contributed by atoms with Gasteiger partial charge in [0.25, 0.3) is 0 Å². The van der Waals surface area contributed by atoms with E-state index in [1.54, 1.807) is 0 Å². The first-order valence-electron chi connectivity index (χ1n) is 7.27. The van der Waals surface area contributed by atoms with Crippen LogP contribution in [0.2, 0.25) is 0 Å². The van der Waals surface area contributed by atoms with Crippen LogP contribution in [0, 0.1) is 0 Å². The van der Waals surface area contributed by atoms with Gasteiger partial charge in [-0.15, -0.1) is 0 Å². The van der Waals surface area contributed by atoms with Crippen LogP contribution in [-0.4, -0.2) is 16.0 Å². The van der Waals surface area contributed by atoms with Crippen molar-refractivity contribution in [3.05, 3.63) is 47.6 Å². The predicted molar refractivity (Wildman–Crippen MR) is 79.7 cm³/mol. The molecule has 2 rings (SSSR count). The number of carbonyl (C=O) groups excluding carboxylic acids is 1. The van der Waals surface area contributed by atoms with Crippen LogP contribution in [-0.2, 0) is 11.3 Å². The third-order valence-electron chi connectivity index (χ3n) is 3.33. The van der Waals surface area contributed by atoms with Crippen molar-refractivity contribution >= 4 is 5.91 Å². The number of aromatic nitrogens is 2. The monoisotopic (exact) mass is 287 g/mol. The van der Waals surface area contributed by atoms with Crippen molar-refractivity contribution in [2.75, 3.05) is 0 Å². The Labute approximate surface area is 124 Å². The molecule has 1 aromatic carbocycles. The van der Waals surface area contributed by atoms with E-state index in [-0.39, 0.29) is 17.7 Å². The van der Waals surface area contributed by atoms with Crippen molar-refractivity contribution in [1.82, 2.24) is 15.5 Å². The molecule has 0 fully saturated rings. The molecule has 2 aromatic rings. The van der Waals surface area contributed by atoms with Gasteiger partial charge >= 0.3 is 0 Å². The topological polar surface area (TPSA) is 68.0 Å². The molecule has 1 atom stereocenters. The summed E-state index contributed by atoms with van der Waals surface area (Å²) in [5, 5.41) is 6.74. The summed E-state index contributed by atoms with van der Waals surface area (Å²) in [5.41, 5.74) is 1.02. The van der Waals surface area contributed by atoms with Gasteiger partial charge in [0.05, 0.1) is 12.5 Å². The number of hydrogen-bond donors (Lipinski definition) is 1. The van der Waals surface area contributed by atoms with Gasteiger partial charge in [-0.05, 0) is 12.0 Å². The standard InChI is InChI=1S/C16H21N3O2/c1-4-13(12-8-6-5-7-9-12)15(20)17-10-14-18-16(11(2)3)21-19-14/h5-9,11,13H,4,10H2,1-3H3,(H,17,20)/t13-/m0/s1. The minimum Gasteiger partial charge on any atom is -0.348 e. The smallest absolute Gasteiger partial charge is 0.229 e. The van der Waals surface area contributed by atoms with E-state index in [2.05, 4.69) is 15.5 Å². The minimum atomic E-state index is -0.150. The van der Waals surface area contributed by atoms with Gasteiger partial charge in [-0.25, -0.2) is 0 Å². The maximum absolute atomic E-state index is 12.3. The summed E-state index contributed by atoms with van der Waals surface area (Å²) < 4.78 is 5.12. The van der Waals surface area contributed by atoms with E-state index in [0.717, 1.165) is 12.0 Å². The summed E-state index contributed by atoms with van der Waals surface area (Å²) in [6.07, 6.45) is 0.749. The first-order chi connectivity index (χ1) is 10.1. The quantitative estimate of drug-likeness (QED) is 0.886. The Balaban J connectivity index is 1.96. The molecule has 0 spiro atoms. The number of rotatable bonds is 6. The molecule has 112 valence electrons. The molecular formula is C16H21N3O2. The summed E-state index contributed by atoms with van der Waals surface area (Å²) in [6.45, 7) is 6.26. The highest BCUT2D eigenvalue weighted by Crippen LogP contribution is 2.19. The number of carbonyl (C=O) groups is 1. The van der Waals surface area contributed by atoms with E-state index in [4.69, 9.17) is 4.52 Å². The van der Waals surface area contributed by atoms with Crippen LogP contribution in [0.15, 0.2) is 34.9 Å². The molecule has 0 unspecified atom stereocenters. The molecule has 0 bridgehead atoms. The molecule has 0 saturated heterocycles. The molecule has 5 nitrogen and oxygen atoms in total. The van der Waals surface area contributed by atoms with E-state index < -0.39 is 0 Å². The fourth-order valence-corrected chi connectivity index (χ4v) is 2.12. The van der Waals surface area contributed by atoms with E-state index in [1.807, 2.05) is 51.1 Å². The van der Waals surface area contributed by atoms with Gasteiger partial charge in [0, 0.05) is 5.92 Å². The zero-order valence-electron chi connectivity index (χ0n) is 12.7. The normalized spacial score (nSPS) is 12.4. The van der Waals surface area contributed by atoms with Crippen LogP contribution in [0.5, 0.6) is 0 Å². The first kappa shape index (κ1) is 15.2. The van der Waals surface area contributed by atoms with Crippen molar-refractivity contribution in [2.24, 2.45) is 0 Å². The van der Waals surface area contributed by atoms with Crippen molar-refractivity contribution in [2.45, 2.75) is 45.6 Å². The number of nitrogens with one attached hydrogen (secondary N) is 1. The highest BCUT2D eigenvalue weighted by Gasteiger charge is 2.19. The second-order valence-electron chi connectivity index (χ2n) is 5.29. The average molecular weight is 287 g/mol. The summed E-state index contributed by atoms with van der Waals surface area (Å²) in [6, 6.07) is 9.78. The third kappa shape index (κ3) is 3.90. The molecule has 0 aliphatic heterocycles. The van der Waals surface area contributed by atoms with Crippen LogP contribution >= 0.6 is 0 Å². The van der Waals surface area contributed by atoms with Gasteiger partial charge in [-0.3, -0.25) is 4.79 Å². The summed E-state index contributed by atoms with van der Waals surface area (Å²) in [4.78, 5) is 16.5. The Morgan fingerprint density at radius 2 is 2.00 bits per heavy atom. The maximum atomic E-state index is 12.3. The predicted octanol–water partition coefficient (Wildman–Crippen LogP) is 3.00. The van der Waals surface area contributed by atoms with Gasteiger partial charge in [0.1, 0.15) is 0 Å². The molecule has 1 N–H and O–H groups in total. The Morgan fingerprint density at radius 1 is 1.29 bits per heavy atom. The summed E-state index contributed by atoms with van der Waals surface area (Å²) in [5.74, 6) is 1.13. The van der Waals surface area contributed by atoms with Gasteiger partial charge in [-0.1, -0.05) is 56.3 Å². The molecule has 1 heterocycles. The summed E-state index contributed by atoms with van der Waals surface area (Å²) in [7, 11) is 0. The van der Waals surface area contributed by atoms with Crippen LogP contribution in [0.1, 0.15) is 56.3 Å². The van der Waals surface area contributed by atoms with E-state index in [1.165, 1.54) is 0 Å². The lowest BCUT2D eigenvalue weighted by Crippen LogP contribution is -2.29. The summed E-state index contributed by atoms with van der Waals surface area (Å²) >= 11 is 0. The molecular weight excluding hydrogens is 266 g/mol. The van der Waals surface area contributed by atoms with E-state index in [0.29, 0.717) is 18.3 Å². The molecule has 5 heteroatoms. The Morgan fingerprint density at radius 3 is 2.57 bits per heavy atom. The second-order valence-corrected chi connectivity index (χ2v) is 5.29. The van der Waals surface area contributed by atoms with Crippen molar-refractivity contribution in [3.8, 4) is 0 Å². The Bertz CT molecular complexity index is 578. The van der Waals surface area contributed by atoms with Crippen LogP contribution in [0.4, 0.5) is 0 Å². The van der Waals surface area contributed by atoms with Crippen molar-refractivity contribution < 1.29 is 9.32 Å². The van der Waals surface area contributed by atoms with Gasteiger partial charge in [-0.2, -0.15) is 4.98 Å². The van der Waals surface area contributed by atoms with Gasteiger partial charge < -0.3 is 9.84 Å². The first-order valence-corrected chi connectivity index (χ1v) is 7.27. The molecule has 1 aromatic heterocycles. The third-order valence-corrected chi connectivity index (χ3v) is 3.33. The average Bonchev–Trinajstić information content (AvgIpc) is 2.96. The van der Waals surface area contributed by atoms with E-state index >= 15 is 0 Å². The highest BCUT2D eigenvalue weighted by molar-refractivity contribution is 5.83. The largest absolute Gasteiger partial charge is 0.348 e. The molecule has 1 amide bonds. The van der Waals surface area contributed by atoms with Crippen LogP contribution in [0.25, 0.3) is 0 Å². The molecule has 0 saturated carbocycles. The van der Waals surface area contributed by atoms with Crippen molar-refractivity contribution in [3.63, 3.8) is 0 Å². The second kappa shape index (κ2) is 7.02. The lowest BCUT2D eigenvalue weighted by Gasteiger charge is -2.14. The molecule has 21 heavy (non-hydrogen) atoms. The van der Waals surface area contributed by atoms with Gasteiger partial charge in [0.15, 0.2) is 5.82 Å². The number of amides is 1. The van der Waals surface area contributed by atoms with Crippen molar-refractivity contribution in [1.29, 1.82) is 0 Å². The zero-order valence-corrected chi connectivity index (χ0v) is 12.7.